The minimum Gasteiger partial charge on any atom is -0.351 e. The Hall–Kier alpha value is -3.39. The zero-order chi connectivity index (χ0) is 18.5. The van der Waals surface area contributed by atoms with Crippen molar-refractivity contribution in [3.8, 4) is 23.0 Å². The highest BCUT2D eigenvalue weighted by atomic mass is 16.1. The molecule has 0 fully saturated rings. The fraction of sp³-hybridized carbons (Fsp3) is 0.190. The fourth-order valence-corrected chi connectivity index (χ4v) is 2.57. The Morgan fingerprint density at radius 2 is 1.88 bits per heavy atom. The van der Waals surface area contributed by atoms with Gasteiger partial charge in [0.1, 0.15) is 5.69 Å². The molecule has 0 spiro atoms. The molecule has 0 radical (unpaired) electrons. The first-order chi connectivity index (χ1) is 12.6. The van der Waals surface area contributed by atoms with E-state index in [0.717, 1.165) is 16.8 Å². The number of carbonyl (C=O) groups excluding carboxylic acids is 1. The normalized spacial score (nSPS) is 11.6. The van der Waals surface area contributed by atoms with E-state index in [1.165, 1.54) is 0 Å². The highest BCUT2D eigenvalue weighted by Gasteiger charge is 2.19. The lowest BCUT2D eigenvalue weighted by atomic mass is 10.1. The minimum absolute atomic E-state index is 0.232. The van der Waals surface area contributed by atoms with Gasteiger partial charge in [-0.05, 0) is 26.0 Å². The number of carbonyl (C=O) groups is 1. The van der Waals surface area contributed by atoms with Crippen molar-refractivity contribution in [3.63, 3.8) is 0 Å². The number of hydrogen-bond acceptors (Lipinski definition) is 3. The summed E-state index contributed by atoms with van der Waals surface area (Å²) in [5.74, 6) is -0.476. The number of aryl methyl sites for hydroxylation is 1. The Bertz CT molecular complexity index is 936. The number of nitrogens with zero attached hydrogens (tertiary/aromatic N) is 3. The van der Waals surface area contributed by atoms with Crippen molar-refractivity contribution in [2.75, 3.05) is 6.54 Å². The summed E-state index contributed by atoms with van der Waals surface area (Å²) >= 11 is 0. The molecule has 0 bridgehead atoms. The molecule has 3 aromatic rings. The van der Waals surface area contributed by atoms with E-state index >= 15 is 0 Å². The van der Waals surface area contributed by atoms with Gasteiger partial charge < -0.3 is 5.32 Å². The number of rotatable bonds is 5. The Morgan fingerprint density at radius 3 is 2.54 bits per heavy atom. The molecule has 1 atom stereocenters. The summed E-state index contributed by atoms with van der Waals surface area (Å²) in [5, 5.41) is 16.4. The standard InChI is InChI=1S/C21H20N4O/c1-15-8-10-18(11-9-15)25-14-19(21(26)23-13-16(2)12-22)20(24-25)17-6-4-3-5-7-17/h3-11,14,16H,13H2,1-2H3,(H,23,26). The monoisotopic (exact) mass is 344 g/mol. The van der Waals surface area contributed by atoms with E-state index in [9.17, 15) is 4.79 Å². The number of nitriles is 1. The average Bonchev–Trinajstić information content (AvgIpc) is 3.12. The summed E-state index contributed by atoms with van der Waals surface area (Å²) in [4.78, 5) is 12.7. The molecule has 1 amide bonds. The zero-order valence-corrected chi connectivity index (χ0v) is 14.8. The quantitative estimate of drug-likeness (QED) is 0.766. The van der Waals surface area contributed by atoms with Crippen molar-refractivity contribution < 1.29 is 4.79 Å². The maximum Gasteiger partial charge on any atom is 0.255 e. The maximum absolute atomic E-state index is 12.7. The molecule has 1 N–H and O–H groups in total. The molecule has 1 heterocycles. The van der Waals surface area contributed by atoms with E-state index in [1.807, 2.05) is 61.5 Å². The van der Waals surface area contributed by atoms with Gasteiger partial charge in [0.2, 0.25) is 0 Å². The molecular formula is C21H20N4O. The highest BCUT2D eigenvalue weighted by molar-refractivity contribution is 5.99. The van der Waals surface area contributed by atoms with E-state index in [4.69, 9.17) is 5.26 Å². The molecule has 130 valence electrons. The first-order valence-electron chi connectivity index (χ1n) is 8.48. The van der Waals surface area contributed by atoms with Gasteiger partial charge in [0, 0.05) is 18.3 Å². The van der Waals surface area contributed by atoms with Crippen molar-refractivity contribution in [1.82, 2.24) is 15.1 Å². The second kappa shape index (κ2) is 7.66. The van der Waals surface area contributed by atoms with Crippen LogP contribution in [0.25, 0.3) is 16.9 Å². The molecule has 0 aliphatic rings. The molecule has 0 aliphatic carbocycles. The van der Waals surface area contributed by atoms with Crippen LogP contribution in [0.4, 0.5) is 0 Å². The average molecular weight is 344 g/mol. The summed E-state index contributed by atoms with van der Waals surface area (Å²) in [7, 11) is 0. The fourth-order valence-electron chi connectivity index (χ4n) is 2.57. The molecule has 2 aromatic carbocycles. The van der Waals surface area contributed by atoms with Gasteiger partial charge in [-0.2, -0.15) is 10.4 Å². The second-order valence-corrected chi connectivity index (χ2v) is 6.28. The molecule has 0 saturated carbocycles. The van der Waals surface area contributed by atoms with Gasteiger partial charge in [0.05, 0.1) is 23.2 Å². The van der Waals surface area contributed by atoms with Gasteiger partial charge in [-0.3, -0.25) is 4.79 Å². The number of hydrogen-bond donors (Lipinski definition) is 1. The lowest BCUT2D eigenvalue weighted by Crippen LogP contribution is -2.27. The van der Waals surface area contributed by atoms with Crippen LogP contribution in [0.5, 0.6) is 0 Å². The van der Waals surface area contributed by atoms with E-state index < -0.39 is 0 Å². The van der Waals surface area contributed by atoms with Crippen molar-refractivity contribution in [3.05, 3.63) is 71.9 Å². The van der Waals surface area contributed by atoms with E-state index in [2.05, 4.69) is 16.5 Å². The molecule has 0 aliphatic heterocycles. The van der Waals surface area contributed by atoms with Gasteiger partial charge in [-0.1, -0.05) is 48.0 Å². The number of aromatic nitrogens is 2. The Kier molecular flexibility index (Phi) is 5.14. The van der Waals surface area contributed by atoms with Crippen molar-refractivity contribution in [2.24, 2.45) is 5.92 Å². The predicted molar refractivity (Wildman–Crippen MR) is 101 cm³/mol. The van der Waals surface area contributed by atoms with Crippen LogP contribution in [0.2, 0.25) is 0 Å². The van der Waals surface area contributed by atoms with Gasteiger partial charge >= 0.3 is 0 Å². The summed E-state index contributed by atoms with van der Waals surface area (Å²) < 4.78 is 1.71. The third-order valence-corrected chi connectivity index (χ3v) is 4.09. The van der Waals surface area contributed by atoms with Crippen LogP contribution in [0.3, 0.4) is 0 Å². The third kappa shape index (κ3) is 3.81. The Balaban J connectivity index is 1.99. The summed E-state index contributed by atoms with van der Waals surface area (Å²) in [6, 6.07) is 19.7. The van der Waals surface area contributed by atoms with Crippen molar-refractivity contribution in [1.29, 1.82) is 5.26 Å². The zero-order valence-electron chi connectivity index (χ0n) is 14.8. The van der Waals surface area contributed by atoms with Gasteiger partial charge in [0.25, 0.3) is 5.91 Å². The second-order valence-electron chi connectivity index (χ2n) is 6.28. The molecule has 5 nitrogen and oxygen atoms in total. The summed E-state index contributed by atoms with van der Waals surface area (Å²) in [5.41, 5.74) is 4.02. The maximum atomic E-state index is 12.7. The largest absolute Gasteiger partial charge is 0.351 e. The number of nitrogens with one attached hydrogen (secondary N) is 1. The van der Waals surface area contributed by atoms with Gasteiger partial charge in [0.15, 0.2) is 0 Å². The van der Waals surface area contributed by atoms with Crippen LogP contribution in [0.15, 0.2) is 60.8 Å². The van der Waals surface area contributed by atoms with Crippen LogP contribution in [-0.4, -0.2) is 22.2 Å². The minimum atomic E-state index is -0.244. The topological polar surface area (TPSA) is 70.7 Å². The van der Waals surface area contributed by atoms with Crippen LogP contribution in [0.1, 0.15) is 22.8 Å². The molecule has 0 saturated heterocycles. The van der Waals surface area contributed by atoms with Crippen LogP contribution < -0.4 is 5.32 Å². The first-order valence-corrected chi connectivity index (χ1v) is 8.48. The lowest BCUT2D eigenvalue weighted by molar-refractivity contribution is 0.0951. The molecule has 1 unspecified atom stereocenters. The van der Waals surface area contributed by atoms with E-state index in [-0.39, 0.29) is 11.8 Å². The first kappa shape index (κ1) is 17.4. The number of benzene rings is 2. The lowest BCUT2D eigenvalue weighted by Gasteiger charge is -2.06. The highest BCUT2D eigenvalue weighted by Crippen LogP contribution is 2.23. The van der Waals surface area contributed by atoms with E-state index in [0.29, 0.717) is 17.8 Å². The van der Waals surface area contributed by atoms with Crippen LogP contribution in [0, 0.1) is 24.2 Å². The smallest absolute Gasteiger partial charge is 0.255 e. The van der Waals surface area contributed by atoms with Crippen molar-refractivity contribution in [2.45, 2.75) is 13.8 Å². The van der Waals surface area contributed by atoms with E-state index in [1.54, 1.807) is 17.8 Å². The van der Waals surface area contributed by atoms with Gasteiger partial charge in [-0.25, -0.2) is 4.68 Å². The number of amides is 1. The SMILES string of the molecule is Cc1ccc(-n2cc(C(=O)NCC(C)C#N)c(-c3ccccc3)n2)cc1. The predicted octanol–water partition coefficient (Wildman–Crippen LogP) is 3.74. The third-order valence-electron chi connectivity index (χ3n) is 4.09. The molecule has 5 heteroatoms. The van der Waals surface area contributed by atoms with Crippen LogP contribution >= 0.6 is 0 Å². The summed E-state index contributed by atoms with van der Waals surface area (Å²) in [6.07, 6.45) is 1.74. The Labute approximate surface area is 152 Å². The summed E-state index contributed by atoms with van der Waals surface area (Å²) in [6.45, 7) is 4.10. The van der Waals surface area contributed by atoms with Crippen LogP contribution in [-0.2, 0) is 0 Å². The molecule has 1 aromatic heterocycles. The molecule has 26 heavy (non-hydrogen) atoms. The molecule has 3 rings (SSSR count). The van der Waals surface area contributed by atoms with Crippen molar-refractivity contribution >= 4 is 5.91 Å². The molecular weight excluding hydrogens is 324 g/mol. The van der Waals surface area contributed by atoms with Gasteiger partial charge in [-0.15, -0.1) is 0 Å². The Morgan fingerprint density at radius 1 is 1.19 bits per heavy atom.